The van der Waals surface area contributed by atoms with Gasteiger partial charge in [-0.2, -0.15) is 0 Å². The second kappa shape index (κ2) is 6.97. The number of carbonyl (C=O) groups excluding carboxylic acids is 1. The fraction of sp³-hybridized carbons (Fsp3) is 0.320. The maximum absolute atomic E-state index is 12.9. The summed E-state index contributed by atoms with van der Waals surface area (Å²) in [4.78, 5) is 14.9. The zero-order valence-electron chi connectivity index (χ0n) is 17.0. The number of hydrogen-bond acceptors (Lipinski definition) is 3. The maximum atomic E-state index is 12.9. The zero-order valence-corrected chi connectivity index (χ0v) is 17.0. The van der Waals surface area contributed by atoms with E-state index < -0.39 is 5.60 Å². The summed E-state index contributed by atoms with van der Waals surface area (Å²) in [6.45, 7) is 4.21. The first-order chi connectivity index (χ1) is 13.5. The van der Waals surface area contributed by atoms with Gasteiger partial charge in [0.15, 0.2) is 5.60 Å². The van der Waals surface area contributed by atoms with Crippen molar-refractivity contribution in [2.75, 3.05) is 19.0 Å². The predicted molar refractivity (Wildman–Crippen MR) is 114 cm³/mol. The number of aryl methyl sites for hydroxylation is 1. The topological polar surface area (TPSA) is 29.5 Å². The Hall–Kier alpha value is -2.81. The summed E-state index contributed by atoms with van der Waals surface area (Å²) in [5.74, 6) is 0.300. The Labute approximate surface area is 167 Å². The summed E-state index contributed by atoms with van der Waals surface area (Å²) < 4.78 is 6.20. The van der Waals surface area contributed by atoms with Gasteiger partial charge in [0.25, 0.3) is 0 Å². The molecule has 28 heavy (non-hydrogen) atoms. The van der Waals surface area contributed by atoms with Crippen molar-refractivity contribution in [1.29, 1.82) is 0 Å². The number of fused-ring (bicyclic) bond motifs is 1. The molecule has 0 bridgehead atoms. The minimum Gasteiger partial charge on any atom is -0.441 e. The lowest BCUT2D eigenvalue weighted by Crippen LogP contribution is -2.31. The van der Waals surface area contributed by atoms with Crippen LogP contribution in [0.3, 0.4) is 0 Å². The van der Waals surface area contributed by atoms with Crippen LogP contribution in [0.4, 0.5) is 5.69 Å². The molecule has 0 fully saturated rings. The lowest BCUT2D eigenvalue weighted by atomic mass is 9.76. The number of allylic oxidation sites excluding steroid dienone is 2. The predicted octanol–water partition coefficient (Wildman–Crippen LogP) is 5.39. The first-order valence-electron chi connectivity index (χ1n) is 9.97. The molecule has 4 rings (SSSR count). The van der Waals surface area contributed by atoms with Crippen LogP contribution in [0.1, 0.15) is 46.8 Å². The smallest absolute Gasteiger partial charge is 0.340 e. The van der Waals surface area contributed by atoms with Crippen molar-refractivity contribution in [1.82, 2.24) is 0 Å². The van der Waals surface area contributed by atoms with E-state index >= 15 is 0 Å². The van der Waals surface area contributed by atoms with Crippen molar-refractivity contribution in [2.45, 2.75) is 32.3 Å². The van der Waals surface area contributed by atoms with E-state index in [1.807, 2.05) is 27.1 Å². The normalized spacial score (nSPS) is 23.2. The number of esters is 1. The highest BCUT2D eigenvalue weighted by Gasteiger charge is 2.49. The monoisotopic (exact) mass is 373 g/mol. The number of ether oxygens (including phenoxy) is 1. The van der Waals surface area contributed by atoms with E-state index in [0.717, 1.165) is 40.8 Å². The van der Waals surface area contributed by atoms with Crippen LogP contribution < -0.4 is 4.90 Å². The SMILES string of the molecule is CCC1C=CC(C2(c3ccc(N(C)C)cc3)OC(=O)c3cc(C)ccc32)=CC1. The second-order valence-electron chi connectivity index (χ2n) is 7.98. The third kappa shape index (κ3) is 2.86. The Kier molecular flexibility index (Phi) is 4.62. The van der Waals surface area contributed by atoms with Crippen molar-refractivity contribution in [3.8, 4) is 0 Å². The molecule has 0 aromatic heterocycles. The lowest BCUT2D eigenvalue weighted by Gasteiger charge is -2.33. The number of rotatable bonds is 4. The number of hydrogen-bond donors (Lipinski definition) is 0. The highest BCUT2D eigenvalue weighted by atomic mass is 16.6. The molecule has 0 spiro atoms. The van der Waals surface area contributed by atoms with Crippen molar-refractivity contribution in [3.63, 3.8) is 0 Å². The van der Waals surface area contributed by atoms with E-state index in [4.69, 9.17) is 4.74 Å². The number of nitrogens with zero attached hydrogens (tertiary/aromatic N) is 1. The van der Waals surface area contributed by atoms with Gasteiger partial charge in [-0.1, -0.05) is 55.0 Å². The van der Waals surface area contributed by atoms with Crippen LogP contribution in [0.25, 0.3) is 0 Å². The second-order valence-corrected chi connectivity index (χ2v) is 7.98. The first-order valence-corrected chi connectivity index (χ1v) is 9.97. The Bertz CT molecular complexity index is 969. The van der Waals surface area contributed by atoms with E-state index in [9.17, 15) is 4.79 Å². The third-order valence-corrected chi connectivity index (χ3v) is 5.93. The molecule has 3 nitrogen and oxygen atoms in total. The molecule has 0 saturated carbocycles. The Morgan fingerprint density at radius 3 is 2.50 bits per heavy atom. The number of cyclic esters (lactones) is 1. The van der Waals surface area contributed by atoms with Crippen molar-refractivity contribution >= 4 is 11.7 Å². The van der Waals surface area contributed by atoms with Gasteiger partial charge in [-0.05, 0) is 43.9 Å². The third-order valence-electron chi connectivity index (χ3n) is 5.93. The van der Waals surface area contributed by atoms with Gasteiger partial charge in [0.1, 0.15) is 0 Å². The minimum absolute atomic E-state index is 0.248. The molecule has 144 valence electrons. The summed E-state index contributed by atoms with van der Waals surface area (Å²) in [6.07, 6.45) is 8.74. The van der Waals surface area contributed by atoms with E-state index in [2.05, 4.69) is 66.4 Å². The highest BCUT2D eigenvalue weighted by Crippen LogP contribution is 2.49. The van der Waals surface area contributed by atoms with Gasteiger partial charge in [-0.15, -0.1) is 0 Å². The van der Waals surface area contributed by atoms with E-state index in [1.54, 1.807) is 0 Å². The van der Waals surface area contributed by atoms with Crippen LogP contribution in [0.15, 0.2) is 66.3 Å². The number of anilines is 1. The maximum Gasteiger partial charge on any atom is 0.340 e. The standard InChI is InChI=1S/C25H27NO2/c1-5-18-7-9-19(10-8-18)25(20-11-13-21(14-12-20)26(3)4)23-15-6-17(2)16-22(23)24(27)28-25/h6-7,9-16,18H,5,8H2,1-4H3. The van der Waals surface area contributed by atoms with Crippen molar-refractivity contribution in [3.05, 3.63) is 88.5 Å². The van der Waals surface area contributed by atoms with Gasteiger partial charge in [0, 0.05) is 36.5 Å². The van der Waals surface area contributed by atoms with Gasteiger partial charge >= 0.3 is 5.97 Å². The lowest BCUT2D eigenvalue weighted by molar-refractivity contribution is 0.0247. The van der Waals surface area contributed by atoms with Crippen LogP contribution >= 0.6 is 0 Å². The fourth-order valence-electron chi connectivity index (χ4n) is 4.20. The molecule has 0 radical (unpaired) electrons. The van der Waals surface area contributed by atoms with E-state index in [1.165, 1.54) is 0 Å². The van der Waals surface area contributed by atoms with Crippen LogP contribution in [-0.2, 0) is 10.3 Å². The molecule has 1 aliphatic heterocycles. The molecular formula is C25H27NO2. The molecule has 0 saturated heterocycles. The van der Waals surface area contributed by atoms with Gasteiger partial charge in [-0.3, -0.25) is 0 Å². The molecule has 0 amide bonds. The van der Waals surface area contributed by atoms with Gasteiger partial charge in [-0.25, -0.2) is 4.79 Å². The molecule has 2 aliphatic rings. The first kappa shape index (κ1) is 18.5. The Morgan fingerprint density at radius 2 is 1.89 bits per heavy atom. The molecule has 0 N–H and O–H groups in total. The van der Waals surface area contributed by atoms with Crippen LogP contribution in [-0.4, -0.2) is 20.1 Å². The molecule has 2 aromatic rings. The van der Waals surface area contributed by atoms with Crippen molar-refractivity contribution in [2.24, 2.45) is 5.92 Å². The fourth-order valence-corrected chi connectivity index (χ4v) is 4.20. The molecule has 2 unspecified atom stereocenters. The zero-order chi connectivity index (χ0) is 19.9. The quantitative estimate of drug-likeness (QED) is 0.673. The minimum atomic E-state index is -0.875. The van der Waals surface area contributed by atoms with Gasteiger partial charge < -0.3 is 9.64 Å². The van der Waals surface area contributed by atoms with E-state index in [-0.39, 0.29) is 5.97 Å². The Balaban J connectivity index is 1.90. The number of benzene rings is 2. The largest absolute Gasteiger partial charge is 0.441 e. The average Bonchev–Trinajstić information content (AvgIpc) is 3.01. The summed E-state index contributed by atoms with van der Waals surface area (Å²) >= 11 is 0. The molecule has 3 heteroatoms. The highest BCUT2D eigenvalue weighted by molar-refractivity contribution is 5.96. The van der Waals surface area contributed by atoms with Crippen molar-refractivity contribution < 1.29 is 9.53 Å². The molecular weight excluding hydrogens is 346 g/mol. The van der Waals surface area contributed by atoms with Gasteiger partial charge in [0.05, 0.1) is 5.56 Å². The average molecular weight is 373 g/mol. The summed E-state index contributed by atoms with van der Waals surface area (Å²) in [6, 6.07) is 14.4. The van der Waals surface area contributed by atoms with Crippen LogP contribution in [0.2, 0.25) is 0 Å². The summed E-state index contributed by atoms with van der Waals surface area (Å²) in [5.41, 5.74) is 4.95. The summed E-state index contributed by atoms with van der Waals surface area (Å²) in [5, 5.41) is 0. The molecule has 2 atom stereocenters. The summed E-state index contributed by atoms with van der Waals surface area (Å²) in [7, 11) is 4.05. The van der Waals surface area contributed by atoms with Gasteiger partial charge in [0.2, 0.25) is 0 Å². The molecule has 1 aliphatic carbocycles. The van der Waals surface area contributed by atoms with Crippen LogP contribution in [0.5, 0.6) is 0 Å². The molecule has 2 aromatic carbocycles. The Morgan fingerprint density at radius 1 is 1.14 bits per heavy atom. The van der Waals surface area contributed by atoms with E-state index in [0.29, 0.717) is 11.5 Å². The molecule has 1 heterocycles. The number of carbonyl (C=O) groups is 1. The van der Waals surface area contributed by atoms with Crippen LogP contribution in [0, 0.1) is 12.8 Å².